The summed E-state index contributed by atoms with van der Waals surface area (Å²) in [6.07, 6.45) is -4.26. The number of pyridine rings is 1. The first-order valence-corrected chi connectivity index (χ1v) is 11.9. The minimum atomic E-state index is -5.08. The number of halogens is 6. The highest BCUT2D eigenvalue weighted by atomic mass is 32.1. The predicted octanol–water partition coefficient (Wildman–Crippen LogP) is 4.06. The van der Waals surface area contributed by atoms with Crippen molar-refractivity contribution in [2.75, 3.05) is 19.7 Å². The van der Waals surface area contributed by atoms with Crippen molar-refractivity contribution in [1.82, 2.24) is 14.9 Å². The van der Waals surface area contributed by atoms with Gasteiger partial charge >= 0.3 is 24.3 Å². The summed E-state index contributed by atoms with van der Waals surface area (Å²) in [5, 5.41) is 17.6. The van der Waals surface area contributed by atoms with Crippen molar-refractivity contribution in [3.8, 4) is 0 Å². The zero-order valence-corrected chi connectivity index (χ0v) is 20.8. The van der Waals surface area contributed by atoms with Gasteiger partial charge in [-0.2, -0.15) is 26.3 Å². The summed E-state index contributed by atoms with van der Waals surface area (Å²) >= 11 is 1.74. The predicted molar refractivity (Wildman–Crippen MR) is 120 cm³/mol. The SMILES string of the molecule is Cc1csc(CN2CC3(CC(OCc4cccnc4)CCO3)C2)n1.O=C(O)C(F)(F)F.O=C(O)C(F)(F)F. The Kier molecular flexibility index (Phi) is 11.0. The number of aromatic nitrogens is 2. The van der Waals surface area contributed by atoms with Crippen LogP contribution in [0.25, 0.3) is 0 Å². The van der Waals surface area contributed by atoms with Gasteiger partial charge in [0.25, 0.3) is 0 Å². The van der Waals surface area contributed by atoms with Crippen LogP contribution in [0.4, 0.5) is 26.3 Å². The first-order valence-electron chi connectivity index (χ1n) is 11.0. The van der Waals surface area contributed by atoms with E-state index in [-0.39, 0.29) is 11.7 Å². The van der Waals surface area contributed by atoms with Crippen LogP contribution in [0.15, 0.2) is 29.9 Å². The number of thiazole rings is 1. The van der Waals surface area contributed by atoms with Crippen LogP contribution in [-0.4, -0.2) is 80.8 Å². The summed E-state index contributed by atoms with van der Waals surface area (Å²) in [4.78, 5) is 28.9. The van der Waals surface area contributed by atoms with E-state index in [1.54, 1.807) is 17.5 Å². The molecule has 1 spiro atoms. The van der Waals surface area contributed by atoms with E-state index in [0.29, 0.717) is 6.61 Å². The van der Waals surface area contributed by atoms with Gasteiger partial charge in [-0.1, -0.05) is 6.07 Å². The Hall–Kier alpha value is -2.82. The Morgan fingerprint density at radius 1 is 1.18 bits per heavy atom. The molecule has 38 heavy (non-hydrogen) atoms. The lowest BCUT2D eigenvalue weighted by molar-refractivity contribution is -0.200. The minimum absolute atomic E-state index is 0.00976. The fourth-order valence-electron chi connectivity index (χ4n) is 3.59. The van der Waals surface area contributed by atoms with Gasteiger partial charge in [0.1, 0.15) is 5.01 Å². The number of alkyl halides is 6. The standard InChI is InChI=1S/C18H23N3O2S.2C2HF3O2/c1-14-11-24-17(20-14)9-21-12-18(13-21)7-16(4-6-23-18)22-10-15-3-2-5-19-8-15;2*3-2(4,5)1(6)7/h2-3,5,8,11,16H,4,6-7,9-10,12-13H2,1H3;2*(H,6,7). The van der Waals surface area contributed by atoms with Crippen molar-refractivity contribution in [3.63, 3.8) is 0 Å². The van der Waals surface area contributed by atoms with E-state index in [0.717, 1.165) is 50.3 Å². The number of nitrogens with zero attached hydrogens (tertiary/aromatic N) is 3. The lowest BCUT2D eigenvalue weighted by Crippen LogP contribution is -2.65. The van der Waals surface area contributed by atoms with Crippen molar-refractivity contribution in [2.24, 2.45) is 0 Å². The van der Waals surface area contributed by atoms with Gasteiger partial charge in [-0.3, -0.25) is 9.88 Å². The highest BCUT2D eigenvalue weighted by Crippen LogP contribution is 2.36. The third-order valence-corrected chi connectivity index (χ3v) is 6.14. The highest BCUT2D eigenvalue weighted by molar-refractivity contribution is 7.09. The number of hydrogen-bond acceptors (Lipinski definition) is 8. The maximum Gasteiger partial charge on any atom is 0.490 e. The smallest absolute Gasteiger partial charge is 0.475 e. The summed E-state index contributed by atoms with van der Waals surface area (Å²) in [6, 6.07) is 4.01. The first kappa shape index (κ1) is 31.4. The van der Waals surface area contributed by atoms with Gasteiger partial charge in [-0.15, -0.1) is 11.3 Å². The highest BCUT2D eigenvalue weighted by Gasteiger charge is 2.47. The summed E-state index contributed by atoms with van der Waals surface area (Å²) in [5.41, 5.74) is 2.24. The van der Waals surface area contributed by atoms with Crippen molar-refractivity contribution >= 4 is 23.3 Å². The van der Waals surface area contributed by atoms with Crippen molar-refractivity contribution in [3.05, 3.63) is 46.2 Å². The number of rotatable bonds is 5. The number of aryl methyl sites for hydroxylation is 1. The number of carboxylic acid groups (broad SMARTS) is 2. The van der Waals surface area contributed by atoms with Gasteiger partial charge in [0.05, 0.1) is 24.9 Å². The van der Waals surface area contributed by atoms with Gasteiger partial charge in [0.2, 0.25) is 0 Å². The van der Waals surface area contributed by atoms with Crippen LogP contribution in [0.1, 0.15) is 29.1 Å². The Bertz CT molecular complexity index is 1020. The number of aliphatic carboxylic acids is 2. The Balaban J connectivity index is 0.000000301. The zero-order chi connectivity index (χ0) is 28.6. The molecule has 0 aliphatic carbocycles. The van der Waals surface area contributed by atoms with Gasteiger partial charge in [0.15, 0.2) is 0 Å². The topological polar surface area (TPSA) is 122 Å². The van der Waals surface area contributed by atoms with E-state index in [2.05, 4.69) is 26.3 Å². The number of carboxylic acids is 2. The van der Waals surface area contributed by atoms with Gasteiger partial charge in [-0.25, -0.2) is 14.6 Å². The molecule has 1 unspecified atom stereocenters. The second kappa shape index (κ2) is 13.3. The maximum absolute atomic E-state index is 10.6. The van der Waals surface area contributed by atoms with Crippen LogP contribution in [0, 0.1) is 6.92 Å². The molecule has 16 heteroatoms. The van der Waals surface area contributed by atoms with Crippen LogP contribution >= 0.6 is 11.3 Å². The zero-order valence-electron chi connectivity index (χ0n) is 20.0. The number of carbonyl (C=O) groups is 2. The van der Waals surface area contributed by atoms with E-state index in [9.17, 15) is 26.3 Å². The van der Waals surface area contributed by atoms with E-state index >= 15 is 0 Å². The molecule has 1 atom stereocenters. The fraction of sp³-hybridized carbons (Fsp3) is 0.545. The average molecular weight is 574 g/mol. The summed E-state index contributed by atoms with van der Waals surface area (Å²) in [7, 11) is 0. The largest absolute Gasteiger partial charge is 0.490 e. The van der Waals surface area contributed by atoms with E-state index in [1.807, 2.05) is 19.2 Å². The minimum Gasteiger partial charge on any atom is -0.475 e. The number of likely N-dealkylation sites (tertiary alicyclic amines) is 1. The molecule has 0 radical (unpaired) electrons. The summed E-state index contributed by atoms with van der Waals surface area (Å²) < 4.78 is 75.7. The molecule has 0 amide bonds. The van der Waals surface area contributed by atoms with Crippen LogP contribution in [0.3, 0.4) is 0 Å². The Morgan fingerprint density at radius 2 is 1.79 bits per heavy atom. The molecule has 2 aromatic rings. The average Bonchev–Trinajstić information content (AvgIpc) is 3.22. The van der Waals surface area contributed by atoms with Crippen molar-refractivity contribution in [1.29, 1.82) is 0 Å². The molecule has 0 saturated carbocycles. The third kappa shape index (κ3) is 10.5. The fourth-order valence-corrected chi connectivity index (χ4v) is 4.40. The molecule has 2 aliphatic rings. The van der Waals surface area contributed by atoms with Crippen molar-refractivity contribution in [2.45, 2.75) is 57.0 Å². The summed E-state index contributed by atoms with van der Waals surface area (Å²) in [6.45, 7) is 6.38. The molecule has 0 aromatic carbocycles. The molecule has 2 aromatic heterocycles. The van der Waals surface area contributed by atoms with Crippen molar-refractivity contribution < 1.29 is 55.6 Å². The number of hydrogen-bond donors (Lipinski definition) is 2. The van der Waals surface area contributed by atoms with Crippen LogP contribution in [-0.2, 0) is 32.2 Å². The lowest BCUT2D eigenvalue weighted by atomic mass is 9.84. The molecular weight excluding hydrogens is 548 g/mol. The molecular formula is C22H25F6N3O6S. The molecule has 0 bridgehead atoms. The second-order valence-corrected chi connectivity index (χ2v) is 9.39. The number of ether oxygens (including phenoxy) is 2. The van der Waals surface area contributed by atoms with Gasteiger partial charge in [-0.05, 0) is 25.0 Å². The molecule has 2 fully saturated rings. The maximum atomic E-state index is 10.6. The van der Waals surface area contributed by atoms with Crippen LogP contribution < -0.4 is 0 Å². The quantitative estimate of drug-likeness (QED) is 0.510. The van der Waals surface area contributed by atoms with E-state index in [4.69, 9.17) is 29.3 Å². The molecule has 9 nitrogen and oxygen atoms in total. The molecule has 212 valence electrons. The first-order chi connectivity index (χ1) is 17.6. The van der Waals surface area contributed by atoms with Crippen LogP contribution in [0.2, 0.25) is 0 Å². The second-order valence-electron chi connectivity index (χ2n) is 8.45. The molecule has 4 rings (SSSR count). The Labute approximate surface area is 217 Å². The van der Waals surface area contributed by atoms with Gasteiger partial charge in [0, 0.05) is 49.6 Å². The van der Waals surface area contributed by atoms with E-state index in [1.165, 1.54) is 5.01 Å². The molecule has 2 N–H and O–H groups in total. The Morgan fingerprint density at radius 3 is 2.26 bits per heavy atom. The molecule has 4 heterocycles. The monoisotopic (exact) mass is 573 g/mol. The lowest BCUT2D eigenvalue weighted by Gasteiger charge is -2.53. The van der Waals surface area contributed by atoms with E-state index < -0.39 is 24.3 Å². The summed E-state index contributed by atoms with van der Waals surface area (Å²) in [5.74, 6) is -5.51. The molecule has 2 saturated heterocycles. The molecule has 2 aliphatic heterocycles. The third-order valence-electron chi connectivity index (χ3n) is 5.19. The van der Waals surface area contributed by atoms with Crippen LogP contribution in [0.5, 0.6) is 0 Å². The normalized spacial score (nSPS) is 18.9. The van der Waals surface area contributed by atoms with Gasteiger partial charge < -0.3 is 19.7 Å².